The molecule has 10 heteroatoms. The largest absolute Gasteiger partial charge is 0.453 e. The molecule has 10 nitrogen and oxygen atoms in total. The summed E-state index contributed by atoms with van der Waals surface area (Å²) in [4.78, 5) is 26.6. The Morgan fingerprint density at radius 1 is 1.48 bits per heavy atom. The minimum Gasteiger partial charge on any atom is -0.453 e. The molecule has 4 atom stereocenters. The molecule has 0 radical (unpaired) electrons. The first-order valence-corrected chi connectivity index (χ1v) is 8.21. The van der Waals surface area contributed by atoms with Gasteiger partial charge in [-0.2, -0.15) is 0 Å². The van der Waals surface area contributed by atoms with Crippen molar-refractivity contribution in [2.45, 2.75) is 50.7 Å². The van der Waals surface area contributed by atoms with Crippen molar-refractivity contribution in [2.24, 2.45) is 11.6 Å². The van der Waals surface area contributed by atoms with E-state index in [2.05, 4.69) is 15.4 Å². The fourth-order valence-electron chi connectivity index (χ4n) is 3.22. The number of hydrazine groups is 1. The Morgan fingerprint density at radius 2 is 2.16 bits per heavy atom. The Bertz CT molecular complexity index is 556. The average molecular weight is 356 g/mol. The summed E-state index contributed by atoms with van der Waals surface area (Å²) in [6.07, 6.45) is 1.60. The van der Waals surface area contributed by atoms with Crippen LogP contribution in [-0.2, 0) is 14.3 Å². The molecule has 142 valence electrons. The highest BCUT2D eigenvalue weighted by Gasteiger charge is 2.49. The standard InChI is InChI=1S/C15H28N6O4/c1-9-8-18-12(21(9)17)11-6-5-7-20(11)13(22)15(16,10(2)24-3)19-14(23)25-4/h8,10-12,18H,5-7,16-17H2,1-4H3,(H,19,23)/t10?,11-,12?,15-/m0/s1. The molecular formula is C15H28N6O4. The van der Waals surface area contributed by atoms with E-state index in [9.17, 15) is 9.59 Å². The Labute approximate surface area is 147 Å². The predicted molar refractivity (Wildman–Crippen MR) is 90.4 cm³/mol. The highest BCUT2D eigenvalue weighted by Crippen LogP contribution is 2.27. The number of nitrogens with one attached hydrogen (secondary N) is 2. The molecule has 0 aromatic heterocycles. The van der Waals surface area contributed by atoms with Crippen molar-refractivity contribution in [3.8, 4) is 0 Å². The molecule has 0 aromatic rings. The zero-order valence-electron chi connectivity index (χ0n) is 15.1. The van der Waals surface area contributed by atoms with Gasteiger partial charge < -0.3 is 19.7 Å². The van der Waals surface area contributed by atoms with E-state index in [1.54, 1.807) is 16.8 Å². The summed E-state index contributed by atoms with van der Waals surface area (Å²) in [5.41, 5.74) is 5.40. The van der Waals surface area contributed by atoms with Crippen LogP contribution in [0.1, 0.15) is 26.7 Å². The number of hydrogen-bond acceptors (Lipinski definition) is 8. The number of carbonyl (C=O) groups is 2. The molecule has 2 unspecified atom stereocenters. The Balaban J connectivity index is 2.23. The number of nitrogens with two attached hydrogens (primary N) is 2. The van der Waals surface area contributed by atoms with Crippen molar-refractivity contribution in [1.29, 1.82) is 0 Å². The van der Waals surface area contributed by atoms with Crippen molar-refractivity contribution < 1.29 is 19.1 Å². The molecule has 6 N–H and O–H groups in total. The summed E-state index contributed by atoms with van der Waals surface area (Å²) in [5, 5.41) is 7.21. The number of likely N-dealkylation sites (tertiary alicyclic amines) is 1. The van der Waals surface area contributed by atoms with Crippen LogP contribution >= 0.6 is 0 Å². The molecule has 0 aliphatic carbocycles. The van der Waals surface area contributed by atoms with Gasteiger partial charge in [0, 0.05) is 25.6 Å². The summed E-state index contributed by atoms with van der Waals surface area (Å²) >= 11 is 0. The van der Waals surface area contributed by atoms with E-state index >= 15 is 0 Å². The van der Waals surface area contributed by atoms with E-state index in [4.69, 9.17) is 16.3 Å². The summed E-state index contributed by atoms with van der Waals surface area (Å²) in [6.45, 7) is 4.02. The van der Waals surface area contributed by atoms with Crippen LogP contribution < -0.4 is 22.2 Å². The van der Waals surface area contributed by atoms with Crippen LogP contribution in [0, 0.1) is 0 Å². The number of rotatable bonds is 5. The van der Waals surface area contributed by atoms with Gasteiger partial charge in [0.15, 0.2) is 5.66 Å². The molecule has 0 aromatic carbocycles. The van der Waals surface area contributed by atoms with Crippen LogP contribution in [0.4, 0.5) is 4.79 Å². The SMILES string of the molecule is COC(=O)N[C@](N)(C(=O)N1CCC[C@H]1C1NC=C(C)N1N)C(C)OC. The lowest BCUT2D eigenvalue weighted by molar-refractivity contribution is -0.145. The van der Waals surface area contributed by atoms with Gasteiger partial charge >= 0.3 is 6.09 Å². The summed E-state index contributed by atoms with van der Waals surface area (Å²) in [5.74, 6) is 5.65. The van der Waals surface area contributed by atoms with Gasteiger partial charge in [0.25, 0.3) is 5.91 Å². The van der Waals surface area contributed by atoms with E-state index in [1.807, 2.05) is 13.1 Å². The molecule has 1 fully saturated rings. The maximum Gasteiger partial charge on any atom is 0.408 e. The van der Waals surface area contributed by atoms with E-state index in [0.717, 1.165) is 18.5 Å². The van der Waals surface area contributed by atoms with Crippen LogP contribution in [0.5, 0.6) is 0 Å². The van der Waals surface area contributed by atoms with Crippen LogP contribution in [0.2, 0.25) is 0 Å². The van der Waals surface area contributed by atoms with E-state index in [1.165, 1.54) is 14.2 Å². The lowest BCUT2D eigenvalue weighted by Crippen LogP contribution is -2.72. The second-order valence-electron chi connectivity index (χ2n) is 6.38. The monoisotopic (exact) mass is 356 g/mol. The number of alkyl carbamates (subject to hydrolysis) is 1. The summed E-state index contributed by atoms with van der Waals surface area (Å²) < 4.78 is 9.84. The van der Waals surface area contributed by atoms with Gasteiger partial charge in [-0.25, -0.2) is 10.6 Å². The minimum atomic E-state index is -1.75. The van der Waals surface area contributed by atoms with E-state index in [0.29, 0.717) is 6.54 Å². The zero-order chi connectivity index (χ0) is 18.8. The number of methoxy groups -OCH3 is 2. The lowest BCUT2D eigenvalue weighted by atomic mass is 10.0. The molecule has 0 bridgehead atoms. The first-order chi connectivity index (χ1) is 11.8. The molecule has 25 heavy (non-hydrogen) atoms. The third-order valence-electron chi connectivity index (χ3n) is 4.94. The third-order valence-corrected chi connectivity index (χ3v) is 4.94. The quantitative estimate of drug-likeness (QED) is 0.363. The van der Waals surface area contributed by atoms with Crippen molar-refractivity contribution in [1.82, 2.24) is 20.5 Å². The van der Waals surface area contributed by atoms with E-state index in [-0.39, 0.29) is 12.2 Å². The van der Waals surface area contributed by atoms with Gasteiger partial charge in [-0.3, -0.25) is 20.9 Å². The number of hydrogen-bond donors (Lipinski definition) is 4. The Hall–Kier alpha value is -2.04. The van der Waals surface area contributed by atoms with Gasteiger partial charge in [0.05, 0.1) is 13.2 Å². The lowest BCUT2D eigenvalue weighted by Gasteiger charge is -2.40. The molecule has 2 rings (SSSR count). The maximum absolute atomic E-state index is 13.2. The van der Waals surface area contributed by atoms with Gasteiger partial charge in [-0.1, -0.05) is 0 Å². The van der Waals surface area contributed by atoms with Crippen molar-refractivity contribution in [3.63, 3.8) is 0 Å². The minimum absolute atomic E-state index is 0.183. The highest BCUT2D eigenvalue weighted by atomic mass is 16.5. The van der Waals surface area contributed by atoms with Crippen molar-refractivity contribution in [2.75, 3.05) is 20.8 Å². The van der Waals surface area contributed by atoms with Crippen LogP contribution in [0.25, 0.3) is 0 Å². The molecule has 0 saturated carbocycles. The molecular weight excluding hydrogens is 328 g/mol. The van der Waals surface area contributed by atoms with E-state index < -0.39 is 23.8 Å². The van der Waals surface area contributed by atoms with Crippen LogP contribution in [0.15, 0.2) is 11.9 Å². The number of ether oxygens (including phenoxy) is 2. The molecule has 2 heterocycles. The van der Waals surface area contributed by atoms with Crippen LogP contribution in [-0.4, -0.2) is 66.6 Å². The third kappa shape index (κ3) is 3.51. The highest BCUT2D eigenvalue weighted by molar-refractivity contribution is 5.90. The second-order valence-corrected chi connectivity index (χ2v) is 6.38. The summed E-state index contributed by atoms with van der Waals surface area (Å²) in [6, 6.07) is -0.183. The number of nitrogens with zero attached hydrogens (tertiary/aromatic N) is 2. The normalized spacial score (nSPS) is 26.6. The smallest absolute Gasteiger partial charge is 0.408 e. The Kier molecular flexibility index (Phi) is 5.76. The number of allylic oxidation sites excluding steroid dienone is 1. The first-order valence-electron chi connectivity index (χ1n) is 8.21. The van der Waals surface area contributed by atoms with Crippen molar-refractivity contribution >= 4 is 12.0 Å². The Morgan fingerprint density at radius 3 is 2.68 bits per heavy atom. The maximum atomic E-state index is 13.2. The van der Waals surface area contributed by atoms with Gasteiger partial charge in [-0.15, -0.1) is 0 Å². The second kappa shape index (κ2) is 7.46. The molecule has 2 aliphatic rings. The fraction of sp³-hybridized carbons (Fsp3) is 0.733. The molecule has 1 saturated heterocycles. The molecule has 0 spiro atoms. The van der Waals surface area contributed by atoms with Gasteiger partial charge in [0.2, 0.25) is 0 Å². The van der Waals surface area contributed by atoms with Gasteiger partial charge in [0.1, 0.15) is 12.3 Å². The van der Waals surface area contributed by atoms with Crippen LogP contribution in [0.3, 0.4) is 0 Å². The van der Waals surface area contributed by atoms with Gasteiger partial charge in [-0.05, 0) is 26.7 Å². The average Bonchev–Trinajstić information content (AvgIpc) is 3.20. The predicted octanol–water partition coefficient (Wildman–Crippen LogP) is -1.01. The van der Waals surface area contributed by atoms with Crippen molar-refractivity contribution in [3.05, 3.63) is 11.9 Å². The number of amides is 2. The molecule has 2 aliphatic heterocycles. The number of carbonyl (C=O) groups excluding carboxylic acids is 2. The fourth-order valence-corrected chi connectivity index (χ4v) is 3.22. The molecule has 2 amide bonds. The first kappa shape index (κ1) is 19.3. The topological polar surface area (TPSA) is 135 Å². The summed E-state index contributed by atoms with van der Waals surface area (Å²) in [7, 11) is 2.63. The zero-order valence-corrected chi connectivity index (χ0v) is 15.1.